The second kappa shape index (κ2) is 5.65. The molecule has 0 saturated carbocycles. The van der Waals surface area contributed by atoms with Crippen LogP contribution in [-0.4, -0.2) is 33.1 Å². The van der Waals surface area contributed by atoms with Crippen molar-refractivity contribution < 1.29 is 9.53 Å². The number of nitrogens with zero attached hydrogens (tertiary/aromatic N) is 4. The zero-order valence-electron chi connectivity index (χ0n) is 11.8. The summed E-state index contributed by atoms with van der Waals surface area (Å²) in [5.41, 5.74) is 7.66. The Kier molecular flexibility index (Phi) is 3.53. The number of aromatic nitrogens is 4. The van der Waals surface area contributed by atoms with Crippen molar-refractivity contribution in [3.63, 3.8) is 0 Å². The first-order chi connectivity index (χ1) is 10.7. The molecule has 22 heavy (non-hydrogen) atoms. The molecule has 0 saturated heterocycles. The van der Waals surface area contributed by atoms with E-state index < -0.39 is 5.97 Å². The van der Waals surface area contributed by atoms with Gasteiger partial charge in [-0.3, -0.25) is 0 Å². The number of nitrogen functional groups attached to an aromatic ring is 1. The van der Waals surface area contributed by atoms with Crippen molar-refractivity contribution in [2.24, 2.45) is 0 Å². The fourth-order valence-corrected chi connectivity index (χ4v) is 1.98. The number of hydrogen-bond donors (Lipinski definition) is 1. The molecule has 2 heterocycles. The van der Waals surface area contributed by atoms with Gasteiger partial charge < -0.3 is 10.5 Å². The van der Waals surface area contributed by atoms with Gasteiger partial charge in [0, 0.05) is 11.6 Å². The molecule has 2 N–H and O–H groups in total. The van der Waals surface area contributed by atoms with E-state index in [4.69, 9.17) is 5.73 Å². The topological polar surface area (TPSA) is 95.9 Å². The largest absolute Gasteiger partial charge is 0.464 e. The van der Waals surface area contributed by atoms with Crippen LogP contribution in [0.15, 0.2) is 48.5 Å². The first kappa shape index (κ1) is 13.7. The SMILES string of the molecule is COC(=O)c1cc(N)n(-c2ccc(-c3ccccc3)nn2)n1. The van der Waals surface area contributed by atoms with Crippen LogP contribution in [0.5, 0.6) is 0 Å². The number of methoxy groups -OCH3 is 1. The van der Waals surface area contributed by atoms with E-state index in [1.54, 1.807) is 6.07 Å². The van der Waals surface area contributed by atoms with Gasteiger partial charge in [-0.25, -0.2) is 4.79 Å². The third kappa shape index (κ3) is 2.51. The van der Waals surface area contributed by atoms with Crippen LogP contribution < -0.4 is 5.73 Å². The van der Waals surface area contributed by atoms with Crippen molar-refractivity contribution in [3.05, 3.63) is 54.2 Å². The predicted octanol–water partition coefficient (Wildman–Crippen LogP) is 1.70. The molecule has 0 bridgehead atoms. The van der Waals surface area contributed by atoms with E-state index in [-0.39, 0.29) is 11.5 Å². The molecular formula is C15H13N5O2. The van der Waals surface area contributed by atoms with Gasteiger partial charge in [0.2, 0.25) is 0 Å². The number of ether oxygens (including phenoxy) is 1. The van der Waals surface area contributed by atoms with Crippen LogP contribution in [0.2, 0.25) is 0 Å². The Bertz CT molecular complexity index is 797. The molecule has 0 amide bonds. The Balaban J connectivity index is 1.93. The van der Waals surface area contributed by atoms with E-state index in [1.165, 1.54) is 17.9 Å². The number of benzene rings is 1. The van der Waals surface area contributed by atoms with Gasteiger partial charge in [0.15, 0.2) is 11.5 Å². The normalized spacial score (nSPS) is 10.4. The zero-order chi connectivity index (χ0) is 15.5. The minimum Gasteiger partial charge on any atom is -0.464 e. The summed E-state index contributed by atoms with van der Waals surface area (Å²) in [6.45, 7) is 0. The second-order valence-electron chi connectivity index (χ2n) is 4.50. The van der Waals surface area contributed by atoms with Crippen LogP contribution in [0.4, 0.5) is 5.82 Å². The fraction of sp³-hybridized carbons (Fsp3) is 0.0667. The Morgan fingerprint density at radius 3 is 2.55 bits per heavy atom. The smallest absolute Gasteiger partial charge is 0.358 e. The lowest BCUT2D eigenvalue weighted by Crippen LogP contribution is -2.07. The van der Waals surface area contributed by atoms with Gasteiger partial charge in [-0.1, -0.05) is 30.3 Å². The van der Waals surface area contributed by atoms with Gasteiger partial charge in [0.05, 0.1) is 12.8 Å². The lowest BCUT2D eigenvalue weighted by Gasteiger charge is -2.03. The first-order valence-corrected chi connectivity index (χ1v) is 6.52. The van der Waals surface area contributed by atoms with E-state index in [1.807, 2.05) is 36.4 Å². The Labute approximate surface area is 126 Å². The molecule has 0 aliphatic heterocycles. The lowest BCUT2D eigenvalue weighted by atomic mass is 10.1. The molecule has 0 aliphatic rings. The van der Waals surface area contributed by atoms with E-state index >= 15 is 0 Å². The van der Waals surface area contributed by atoms with Gasteiger partial charge in [0.1, 0.15) is 5.82 Å². The summed E-state index contributed by atoms with van der Waals surface area (Å²) >= 11 is 0. The van der Waals surface area contributed by atoms with Crippen LogP contribution in [0, 0.1) is 0 Å². The Morgan fingerprint density at radius 2 is 1.91 bits per heavy atom. The van der Waals surface area contributed by atoms with Gasteiger partial charge in [0.25, 0.3) is 0 Å². The van der Waals surface area contributed by atoms with E-state index in [0.29, 0.717) is 5.82 Å². The van der Waals surface area contributed by atoms with Gasteiger partial charge in [-0.15, -0.1) is 10.2 Å². The molecule has 0 radical (unpaired) electrons. The average molecular weight is 295 g/mol. The minimum atomic E-state index is -0.556. The molecular weight excluding hydrogens is 282 g/mol. The second-order valence-corrected chi connectivity index (χ2v) is 4.50. The van der Waals surface area contributed by atoms with Crippen LogP contribution in [-0.2, 0) is 4.74 Å². The standard InChI is InChI=1S/C15H13N5O2/c1-22-15(21)12-9-13(16)20(19-12)14-8-7-11(17-18-14)10-5-3-2-4-6-10/h2-9H,16H2,1H3. The molecule has 0 fully saturated rings. The molecule has 3 rings (SSSR count). The molecule has 0 unspecified atom stereocenters. The van der Waals surface area contributed by atoms with Crippen molar-refractivity contribution in [2.75, 3.05) is 12.8 Å². The molecule has 0 aliphatic carbocycles. The molecule has 3 aromatic rings. The average Bonchev–Trinajstić information content (AvgIpc) is 2.97. The molecule has 0 atom stereocenters. The number of carbonyl (C=O) groups is 1. The van der Waals surface area contributed by atoms with Gasteiger partial charge in [-0.2, -0.15) is 9.78 Å². The summed E-state index contributed by atoms with van der Waals surface area (Å²) in [6.07, 6.45) is 0. The van der Waals surface area contributed by atoms with Crippen LogP contribution in [0.25, 0.3) is 17.1 Å². The summed E-state index contributed by atoms with van der Waals surface area (Å²) in [4.78, 5) is 11.5. The molecule has 7 nitrogen and oxygen atoms in total. The van der Waals surface area contributed by atoms with E-state index in [2.05, 4.69) is 20.0 Å². The van der Waals surface area contributed by atoms with Crippen molar-refractivity contribution >= 4 is 11.8 Å². The van der Waals surface area contributed by atoms with Crippen LogP contribution >= 0.6 is 0 Å². The van der Waals surface area contributed by atoms with Gasteiger partial charge >= 0.3 is 5.97 Å². The first-order valence-electron chi connectivity index (χ1n) is 6.52. The van der Waals surface area contributed by atoms with Crippen molar-refractivity contribution in [2.45, 2.75) is 0 Å². The summed E-state index contributed by atoms with van der Waals surface area (Å²) in [6, 6.07) is 14.7. The maximum absolute atomic E-state index is 11.5. The van der Waals surface area contributed by atoms with E-state index in [0.717, 1.165) is 11.3 Å². The predicted molar refractivity (Wildman–Crippen MR) is 80.3 cm³/mol. The minimum absolute atomic E-state index is 0.119. The molecule has 110 valence electrons. The maximum Gasteiger partial charge on any atom is 0.358 e. The molecule has 0 spiro atoms. The van der Waals surface area contributed by atoms with Gasteiger partial charge in [-0.05, 0) is 12.1 Å². The highest BCUT2D eigenvalue weighted by atomic mass is 16.5. The quantitative estimate of drug-likeness (QED) is 0.739. The molecule has 2 aromatic heterocycles. The highest BCUT2D eigenvalue weighted by Crippen LogP contribution is 2.18. The Morgan fingerprint density at radius 1 is 1.14 bits per heavy atom. The number of anilines is 1. The van der Waals surface area contributed by atoms with Crippen LogP contribution in [0.3, 0.4) is 0 Å². The van der Waals surface area contributed by atoms with Crippen molar-refractivity contribution in [1.29, 1.82) is 0 Å². The number of nitrogens with two attached hydrogens (primary N) is 1. The third-order valence-electron chi connectivity index (χ3n) is 3.07. The monoisotopic (exact) mass is 295 g/mol. The number of rotatable bonds is 3. The number of hydrogen-bond acceptors (Lipinski definition) is 6. The lowest BCUT2D eigenvalue weighted by molar-refractivity contribution is 0.0593. The highest BCUT2D eigenvalue weighted by molar-refractivity contribution is 5.88. The molecule has 7 heteroatoms. The highest BCUT2D eigenvalue weighted by Gasteiger charge is 2.15. The molecule has 1 aromatic carbocycles. The summed E-state index contributed by atoms with van der Waals surface area (Å²) < 4.78 is 5.95. The maximum atomic E-state index is 11.5. The van der Waals surface area contributed by atoms with Crippen molar-refractivity contribution in [1.82, 2.24) is 20.0 Å². The summed E-state index contributed by atoms with van der Waals surface area (Å²) in [5.74, 6) is 0.147. The number of carbonyl (C=O) groups excluding carboxylic acids is 1. The Hall–Kier alpha value is -3.22. The number of esters is 1. The van der Waals surface area contributed by atoms with Crippen molar-refractivity contribution in [3.8, 4) is 17.1 Å². The fourth-order valence-electron chi connectivity index (χ4n) is 1.98. The zero-order valence-corrected chi connectivity index (χ0v) is 11.8. The summed E-state index contributed by atoms with van der Waals surface area (Å²) in [5, 5.41) is 12.3. The summed E-state index contributed by atoms with van der Waals surface area (Å²) in [7, 11) is 1.28. The third-order valence-corrected chi connectivity index (χ3v) is 3.07. The van der Waals surface area contributed by atoms with Crippen LogP contribution in [0.1, 0.15) is 10.5 Å². The van der Waals surface area contributed by atoms with E-state index in [9.17, 15) is 4.79 Å².